The highest BCUT2D eigenvalue weighted by atomic mass is 19.4. The quantitative estimate of drug-likeness (QED) is 0.709. The zero-order valence-electron chi connectivity index (χ0n) is 15.8. The number of amides is 1. The maximum atomic E-state index is 13.0. The van der Waals surface area contributed by atoms with Gasteiger partial charge in [0.05, 0.1) is 17.4 Å². The molecule has 4 rings (SSSR count). The highest BCUT2D eigenvalue weighted by Gasteiger charge is 2.33. The molecule has 3 aromatic rings. The Morgan fingerprint density at radius 1 is 1.33 bits per heavy atom. The molecule has 0 aromatic carbocycles. The number of carbonyl (C=O) groups is 1. The predicted molar refractivity (Wildman–Crippen MR) is 97.4 cm³/mol. The van der Waals surface area contributed by atoms with E-state index in [-0.39, 0.29) is 29.0 Å². The van der Waals surface area contributed by atoms with Gasteiger partial charge in [0.1, 0.15) is 17.5 Å². The van der Waals surface area contributed by atoms with Crippen LogP contribution in [-0.4, -0.2) is 30.5 Å². The Bertz CT molecular complexity index is 1160. The molecule has 1 atom stereocenters. The molecule has 0 aliphatic heterocycles. The second-order valence-electron chi connectivity index (χ2n) is 6.94. The van der Waals surface area contributed by atoms with Crippen LogP contribution in [0.5, 0.6) is 0 Å². The predicted octanol–water partition coefficient (Wildman–Crippen LogP) is 2.70. The van der Waals surface area contributed by atoms with E-state index in [0.29, 0.717) is 12.8 Å². The van der Waals surface area contributed by atoms with Crippen LogP contribution < -0.4 is 5.32 Å². The minimum atomic E-state index is -4.55. The lowest BCUT2D eigenvalue weighted by Gasteiger charge is -2.22. The largest absolute Gasteiger partial charge is 0.433 e. The van der Waals surface area contributed by atoms with E-state index in [1.54, 1.807) is 13.2 Å². The first-order valence-corrected chi connectivity index (χ1v) is 9.13. The molecule has 1 amide bonds. The fraction of sp³-hybridized carbons (Fsp3) is 0.316. The Hall–Kier alpha value is -3.68. The molecule has 0 spiro atoms. The number of aryl methyl sites for hydroxylation is 2. The molecule has 0 bridgehead atoms. The molecule has 0 radical (unpaired) electrons. The van der Waals surface area contributed by atoms with Crippen molar-refractivity contribution < 1.29 is 18.0 Å². The van der Waals surface area contributed by atoms with Gasteiger partial charge in [-0.15, -0.1) is 0 Å². The summed E-state index contributed by atoms with van der Waals surface area (Å²) in [5.74, 6) is -0.389. The van der Waals surface area contributed by atoms with E-state index < -0.39 is 11.9 Å². The number of hydrogen-bond donors (Lipinski definition) is 1. The van der Waals surface area contributed by atoms with Gasteiger partial charge in [0.25, 0.3) is 5.91 Å². The number of alkyl halides is 3. The Balaban J connectivity index is 1.61. The summed E-state index contributed by atoms with van der Waals surface area (Å²) < 4.78 is 41.6. The fourth-order valence-electron chi connectivity index (χ4n) is 3.50. The van der Waals surface area contributed by atoms with Crippen molar-refractivity contribution in [1.82, 2.24) is 29.9 Å². The van der Waals surface area contributed by atoms with E-state index in [0.717, 1.165) is 29.9 Å². The van der Waals surface area contributed by atoms with E-state index in [9.17, 15) is 18.0 Å². The van der Waals surface area contributed by atoms with Crippen LogP contribution in [0.4, 0.5) is 13.2 Å². The van der Waals surface area contributed by atoms with E-state index in [1.165, 1.54) is 21.5 Å². The SMILES string of the molecule is Cn1nc(C#N)cc1C(=O)N[C@H]1CCCc2nn(-c3ccnc(C(F)(F)F)c3)cc21. The molecule has 30 heavy (non-hydrogen) atoms. The second kappa shape index (κ2) is 7.29. The van der Waals surface area contributed by atoms with Gasteiger partial charge in [-0.1, -0.05) is 0 Å². The first kappa shape index (κ1) is 19.6. The van der Waals surface area contributed by atoms with E-state index in [4.69, 9.17) is 5.26 Å². The number of fused-ring (bicyclic) bond motifs is 1. The third-order valence-corrected chi connectivity index (χ3v) is 4.94. The molecule has 0 saturated carbocycles. The first-order chi connectivity index (χ1) is 14.3. The lowest BCUT2D eigenvalue weighted by Crippen LogP contribution is -2.31. The van der Waals surface area contributed by atoms with Crippen molar-refractivity contribution in [2.45, 2.75) is 31.5 Å². The molecule has 3 aromatic heterocycles. The molecule has 11 heteroatoms. The molecule has 154 valence electrons. The van der Waals surface area contributed by atoms with E-state index in [2.05, 4.69) is 20.5 Å². The van der Waals surface area contributed by atoms with Gasteiger partial charge in [-0.05, 0) is 31.4 Å². The molecular formula is C19H16F3N7O. The van der Waals surface area contributed by atoms with Gasteiger partial charge in [0.2, 0.25) is 0 Å². The minimum absolute atomic E-state index is 0.137. The lowest BCUT2D eigenvalue weighted by atomic mass is 9.93. The van der Waals surface area contributed by atoms with Crippen LogP contribution in [0.2, 0.25) is 0 Å². The molecule has 8 nitrogen and oxygen atoms in total. The molecular weight excluding hydrogens is 399 g/mol. The molecule has 1 N–H and O–H groups in total. The fourth-order valence-corrected chi connectivity index (χ4v) is 3.50. The molecule has 3 heterocycles. The summed E-state index contributed by atoms with van der Waals surface area (Å²) in [5.41, 5.74) is 1.10. The van der Waals surface area contributed by atoms with E-state index in [1.807, 2.05) is 6.07 Å². The van der Waals surface area contributed by atoms with Crippen molar-refractivity contribution in [2.24, 2.45) is 7.05 Å². The van der Waals surface area contributed by atoms with Crippen molar-refractivity contribution >= 4 is 5.91 Å². The third-order valence-electron chi connectivity index (χ3n) is 4.94. The summed E-state index contributed by atoms with van der Waals surface area (Å²) in [6.07, 6.45) is 0.276. The summed E-state index contributed by atoms with van der Waals surface area (Å²) >= 11 is 0. The highest BCUT2D eigenvalue weighted by molar-refractivity contribution is 5.93. The van der Waals surface area contributed by atoms with Crippen LogP contribution in [-0.2, 0) is 19.6 Å². The number of nitrogens with one attached hydrogen (secondary N) is 1. The molecule has 0 fully saturated rings. The molecule has 0 unspecified atom stereocenters. The topological polar surface area (TPSA) is 101 Å². The Morgan fingerprint density at radius 3 is 2.83 bits per heavy atom. The highest BCUT2D eigenvalue weighted by Crippen LogP contribution is 2.32. The van der Waals surface area contributed by atoms with Crippen molar-refractivity contribution in [3.8, 4) is 11.8 Å². The van der Waals surface area contributed by atoms with Crippen LogP contribution in [0.1, 0.15) is 52.0 Å². The maximum Gasteiger partial charge on any atom is 0.433 e. The Labute approximate surface area is 168 Å². The number of hydrogen-bond acceptors (Lipinski definition) is 5. The normalized spacial score (nSPS) is 16.0. The molecule has 1 aliphatic carbocycles. The zero-order chi connectivity index (χ0) is 21.5. The van der Waals surface area contributed by atoms with Crippen molar-refractivity contribution in [3.63, 3.8) is 0 Å². The van der Waals surface area contributed by atoms with Crippen molar-refractivity contribution in [3.05, 3.63) is 58.9 Å². The number of carbonyl (C=O) groups excluding carboxylic acids is 1. The Morgan fingerprint density at radius 2 is 2.13 bits per heavy atom. The van der Waals surface area contributed by atoms with Gasteiger partial charge in [-0.3, -0.25) is 14.5 Å². The lowest BCUT2D eigenvalue weighted by molar-refractivity contribution is -0.141. The van der Waals surface area contributed by atoms with Crippen molar-refractivity contribution in [1.29, 1.82) is 5.26 Å². The van der Waals surface area contributed by atoms with Crippen LogP contribution in [0.15, 0.2) is 30.6 Å². The van der Waals surface area contributed by atoms with Gasteiger partial charge in [-0.2, -0.15) is 28.6 Å². The minimum Gasteiger partial charge on any atom is -0.344 e. The maximum absolute atomic E-state index is 13.0. The van der Waals surface area contributed by atoms with Crippen LogP contribution in [0.25, 0.3) is 5.69 Å². The van der Waals surface area contributed by atoms with Gasteiger partial charge in [0, 0.05) is 31.1 Å². The number of rotatable bonds is 3. The van der Waals surface area contributed by atoms with Crippen LogP contribution >= 0.6 is 0 Å². The molecule has 1 aliphatic rings. The molecule has 0 saturated heterocycles. The first-order valence-electron chi connectivity index (χ1n) is 9.13. The number of halogens is 3. The summed E-state index contributed by atoms with van der Waals surface area (Å²) in [7, 11) is 1.57. The summed E-state index contributed by atoms with van der Waals surface area (Å²) in [4.78, 5) is 16.0. The average Bonchev–Trinajstić information content (AvgIpc) is 3.31. The number of aromatic nitrogens is 5. The van der Waals surface area contributed by atoms with Gasteiger partial charge in [0.15, 0.2) is 5.69 Å². The van der Waals surface area contributed by atoms with Gasteiger partial charge >= 0.3 is 6.18 Å². The van der Waals surface area contributed by atoms with Crippen molar-refractivity contribution in [2.75, 3.05) is 0 Å². The van der Waals surface area contributed by atoms with E-state index >= 15 is 0 Å². The summed E-state index contributed by atoms with van der Waals surface area (Å²) in [6, 6.07) is 5.32. The smallest absolute Gasteiger partial charge is 0.344 e. The third kappa shape index (κ3) is 3.63. The standard InChI is InChI=1S/C19H16F3N7O/c1-28-16(7-11(9-23)26-28)18(30)25-14-3-2-4-15-13(14)10-29(27-15)12-5-6-24-17(8-12)19(20,21)22/h5-8,10,14H,2-4H2,1H3,(H,25,30)/t14-/m0/s1. The average molecular weight is 415 g/mol. The van der Waals surface area contributed by atoms with Crippen LogP contribution in [0, 0.1) is 11.3 Å². The second-order valence-corrected chi connectivity index (χ2v) is 6.94. The van der Waals surface area contributed by atoms with Crippen LogP contribution in [0.3, 0.4) is 0 Å². The zero-order valence-corrected chi connectivity index (χ0v) is 15.8. The summed E-state index contributed by atoms with van der Waals surface area (Å²) in [5, 5.41) is 20.2. The Kier molecular flexibility index (Phi) is 4.77. The van der Waals surface area contributed by atoms with Gasteiger partial charge in [-0.25, -0.2) is 4.68 Å². The number of nitrogens with zero attached hydrogens (tertiary/aromatic N) is 6. The number of pyridine rings is 1. The monoisotopic (exact) mass is 415 g/mol. The van der Waals surface area contributed by atoms with Gasteiger partial charge < -0.3 is 5.32 Å². The summed E-state index contributed by atoms with van der Waals surface area (Å²) in [6.45, 7) is 0. The number of nitriles is 1.